The van der Waals surface area contributed by atoms with Gasteiger partial charge in [-0.1, -0.05) is 18.2 Å². The lowest BCUT2D eigenvalue weighted by atomic mass is 10.2. The standard InChI is InChI=1S/C15H20N2O2S/c1-12-16-14(11-20-12)10-17(7-8-18)9-13-5-3-4-6-15(13)19-2/h3-6,11,18H,7-10H2,1-2H3. The number of methoxy groups -OCH3 is 1. The summed E-state index contributed by atoms with van der Waals surface area (Å²) in [5.41, 5.74) is 2.17. The molecular formula is C15H20N2O2S. The first-order valence-corrected chi connectivity index (χ1v) is 7.47. The van der Waals surface area contributed by atoms with Gasteiger partial charge in [-0.3, -0.25) is 4.90 Å². The zero-order valence-corrected chi connectivity index (χ0v) is 12.7. The number of aliphatic hydroxyl groups excluding tert-OH is 1. The number of benzene rings is 1. The van der Waals surface area contributed by atoms with Gasteiger partial charge in [-0.2, -0.15) is 0 Å². The summed E-state index contributed by atoms with van der Waals surface area (Å²) in [5, 5.41) is 12.4. The fourth-order valence-corrected chi connectivity index (χ4v) is 2.74. The number of ether oxygens (including phenoxy) is 1. The minimum absolute atomic E-state index is 0.137. The van der Waals surface area contributed by atoms with E-state index in [1.54, 1.807) is 18.4 Å². The van der Waals surface area contributed by atoms with Crippen molar-refractivity contribution in [2.24, 2.45) is 0 Å². The SMILES string of the molecule is COc1ccccc1CN(CCO)Cc1csc(C)n1. The van der Waals surface area contributed by atoms with Gasteiger partial charge >= 0.3 is 0 Å². The average Bonchev–Trinajstić information content (AvgIpc) is 2.85. The zero-order chi connectivity index (χ0) is 14.4. The molecule has 0 radical (unpaired) electrons. The maximum atomic E-state index is 9.23. The smallest absolute Gasteiger partial charge is 0.123 e. The van der Waals surface area contributed by atoms with Gasteiger partial charge in [0.2, 0.25) is 0 Å². The highest BCUT2D eigenvalue weighted by Crippen LogP contribution is 2.20. The van der Waals surface area contributed by atoms with Gasteiger partial charge in [0.1, 0.15) is 5.75 Å². The van der Waals surface area contributed by atoms with Crippen molar-refractivity contribution in [3.05, 3.63) is 45.9 Å². The Balaban J connectivity index is 2.08. The summed E-state index contributed by atoms with van der Waals surface area (Å²) in [6.45, 7) is 4.24. The molecule has 1 aromatic heterocycles. The lowest BCUT2D eigenvalue weighted by Gasteiger charge is -2.21. The van der Waals surface area contributed by atoms with Crippen LogP contribution in [-0.2, 0) is 13.1 Å². The van der Waals surface area contributed by atoms with E-state index in [1.807, 2.05) is 25.1 Å². The summed E-state index contributed by atoms with van der Waals surface area (Å²) in [5.74, 6) is 0.880. The number of aliphatic hydroxyl groups is 1. The van der Waals surface area contributed by atoms with Crippen LogP contribution in [0.1, 0.15) is 16.3 Å². The van der Waals surface area contributed by atoms with Crippen molar-refractivity contribution in [3.8, 4) is 5.75 Å². The van der Waals surface area contributed by atoms with Gasteiger partial charge in [-0.15, -0.1) is 11.3 Å². The predicted octanol–water partition coefficient (Wildman–Crippen LogP) is 2.45. The molecular weight excluding hydrogens is 272 g/mol. The van der Waals surface area contributed by atoms with Crippen molar-refractivity contribution in [1.82, 2.24) is 9.88 Å². The first kappa shape index (κ1) is 15.0. The van der Waals surface area contributed by atoms with Gasteiger partial charge in [0.05, 0.1) is 24.4 Å². The first-order valence-electron chi connectivity index (χ1n) is 6.59. The monoisotopic (exact) mass is 292 g/mol. The maximum Gasteiger partial charge on any atom is 0.123 e. The third-order valence-electron chi connectivity index (χ3n) is 3.05. The van der Waals surface area contributed by atoms with Crippen molar-refractivity contribution < 1.29 is 9.84 Å². The second-order valence-electron chi connectivity index (χ2n) is 4.60. The number of rotatable bonds is 7. The summed E-state index contributed by atoms with van der Waals surface area (Å²) in [7, 11) is 1.68. The van der Waals surface area contributed by atoms with E-state index in [2.05, 4.69) is 21.3 Å². The number of hydrogen-bond donors (Lipinski definition) is 1. The number of hydrogen-bond acceptors (Lipinski definition) is 5. The summed E-state index contributed by atoms with van der Waals surface area (Å²) in [4.78, 5) is 6.65. The second kappa shape index (κ2) is 7.38. The van der Waals surface area contributed by atoms with Crippen LogP contribution in [0.3, 0.4) is 0 Å². The van der Waals surface area contributed by atoms with Crippen LogP contribution in [0.15, 0.2) is 29.6 Å². The Morgan fingerprint density at radius 3 is 2.75 bits per heavy atom. The van der Waals surface area contributed by atoms with E-state index in [0.717, 1.165) is 35.1 Å². The Morgan fingerprint density at radius 2 is 2.10 bits per heavy atom. The number of aryl methyl sites for hydroxylation is 1. The van der Waals surface area contributed by atoms with E-state index < -0.39 is 0 Å². The molecule has 20 heavy (non-hydrogen) atoms. The molecule has 2 aromatic rings. The van der Waals surface area contributed by atoms with Crippen molar-refractivity contribution in [1.29, 1.82) is 0 Å². The number of para-hydroxylation sites is 1. The largest absolute Gasteiger partial charge is 0.496 e. The number of thiazole rings is 1. The molecule has 0 bridgehead atoms. The Labute approximate surface area is 123 Å². The van der Waals surface area contributed by atoms with Crippen LogP contribution in [0, 0.1) is 6.92 Å². The third-order valence-corrected chi connectivity index (χ3v) is 3.88. The van der Waals surface area contributed by atoms with Crippen molar-refractivity contribution in [2.75, 3.05) is 20.3 Å². The molecule has 5 heteroatoms. The lowest BCUT2D eigenvalue weighted by Crippen LogP contribution is -2.26. The number of nitrogens with zero attached hydrogens (tertiary/aromatic N) is 2. The van der Waals surface area contributed by atoms with Gasteiger partial charge in [-0.25, -0.2) is 4.98 Å². The van der Waals surface area contributed by atoms with E-state index in [9.17, 15) is 5.11 Å². The molecule has 0 fully saturated rings. The molecule has 0 aliphatic heterocycles. The molecule has 1 aromatic carbocycles. The summed E-state index contributed by atoms with van der Waals surface area (Å²) >= 11 is 1.65. The molecule has 0 saturated heterocycles. The van der Waals surface area contributed by atoms with Crippen LogP contribution in [0.5, 0.6) is 5.75 Å². The highest BCUT2D eigenvalue weighted by Gasteiger charge is 2.11. The minimum Gasteiger partial charge on any atom is -0.496 e. The molecule has 0 spiro atoms. The first-order chi connectivity index (χ1) is 9.72. The fraction of sp³-hybridized carbons (Fsp3) is 0.400. The molecule has 0 saturated carbocycles. The van der Waals surface area contributed by atoms with Crippen molar-refractivity contribution in [2.45, 2.75) is 20.0 Å². The molecule has 4 nitrogen and oxygen atoms in total. The predicted molar refractivity (Wildman–Crippen MR) is 81.0 cm³/mol. The molecule has 0 aliphatic carbocycles. The van der Waals surface area contributed by atoms with Gasteiger partial charge < -0.3 is 9.84 Å². The Bertz CT molecular complexity index is 542. The maximum absolute atomic E-state index is 9.23. The van der Waals surface area contributed by atoms with E-state index in [4.69, 9.17) is 4.74 Å². The second-order valence-corrected chi connectivity index (χ2v) is 5.67. The normalized spacial score (nSPS) is 11.0. The molecule has 2 rings (SSSR count). The zero-order valence-electron chi connectivity index (χ0n) is 11.9. The van der Waals surface area contributed by atoms with Crippen LogP contribution in [0.2, 0.25) is 0 Å². The van der Waals surface area contributed by atoms with Gasteiger partial charge in [0.25, 0.3) is 0 Å². The summed E-state index contributed by atoms with van der Waals surface area (Å²) in [6, 6.07) is 7.97. The van der Waals surface area contributed by atoms with Crippen LogP contribution < -0.4 is 4.74 Å². The lowest BCUT2D eigenvalue weighted by molar-refractivity contribution is 0.181. The quantitative estimate of drug-likeness (QED) is 0.851. The highest BCUT2D eigenvalue weighted by molar-refractivity contribution is 7.09. The average molecular weight is 292 g/mol. The van der Waals surface area contributed by atoms with Gasteiger partial charge in [-0.05, 0) is 13.0 Å². The third kappa shape index (κ3) is 4.03. The van der Waals surface area contributed by atoms with E-state index in [-0.39, 0.29) is 6.61 Å². The van der Waals surface area contributed by atoms with Gasteiger partial charge in [0, 0.05) is 30.6 Å². The highest BCUT2D eigenvalue weighted by atomic mass is 32.1. The Morgan fingerprint density at radius 1 is 1.30 bits per heavy atom. The van der Waals surface area contributed by atoms with Crippen LogP contribution in [0.25, 0.3) is 0 Å². The van der Waals surface area contributed by atoms with E-state index >= 15 is 0 Å². The molecule has 0 atom stereocenters. The molecule has 0 aliphatic rings. The van der Waals surface area contributed by atoms with Crippen LogP contribution in [0.4, 0.5) is 0 Å². The Kier molecular flexibility index (Phi) is 5.52. The Hall–Kier alpha value is -1.43. The molecule has 0 amide bonds. The minimum atomic E-state index is 0.137. The fourth-order valence-electron chi connectivity index (χ4n) is 2.14. The molecule has 0 unspecified atom stereocenters. The van der Waals surface area contributed by atoms with Crippen molar-refractivity contribution >= 4 is 11.3 Å². The number of aromatic nitrogens is 1. The van der Waals surface area contributed by atoms with E-state index in [1.165, 1.54) is 0 Å². The van der Waals surface area contributed by atoms with Crippen LogP contribution in [-0.4, -0.2) is 35.3 Å². The molecule has 108 valence electrons. The molecule has 1 N–H and O–H groups in total. The van der Waals surface area contributed by atoms with Gasteiger partial charge in [0.15, 0.2) is 0 Å². The van der Waals surface area contributed by atoms with E-state index in [0.29, 0.717) is 6.54 Å². The van der Waals surface area contributed by atoms with Crippen LogP contribution >= 0.6 is 11.3 Å². The van der Waals surface area contributed by atoms with Crippen molar-refractivity contribution in [3.63, 3.8) is 0 Å². The molecule has 1 heterocycles. The summed E-state index contributed by atoms with van der Waals surface area (Å²) in [6.07, 6.45) is 0. The topological polar surface area (TPSA) is 45.6 Å². The summed E-state index contributed by atoms with van der Waals surface area (Å²) < 4.78 is 5.38.